The molecule has 18 heteroatoms. The summed E-state index contributed by atoms with van der Waals surface area (Å²) in [5, 5.41) is 4.48. The van der Waals surface area contributed by atoms with Crippen LogP contribution >= 0.6 is 11.6 Å². The molecule has 1 aliphatic heterocycles. The zero-order chi connectivity index (χ0) is 83.8. The van der Waals surface area contributed by atoms with Crippen LogP contribution in [0.1, 0.15) is 38.8 Å². The Morgan fingerprint density at radius 2 is 0.545 bits per heavy atom. The summed E-state index contributed by atoms with van der Waals surface area (Å²) >= 11 is 6.14. The second-order valence-corrected chi connectivity index (χ2v) is 30.8. The highest BCUT2D eigenvalue weighted by molar-refractivity contribution is 6.62. The number of fused-ring (bicyclic) bond motifs is 5. The van der Waals surface area contributed by atoms with E-state index in [0.717, 1.165) is 72.5 Å². The summed E-state index contributed by atoms with van der Waals surface area (Å²) in [6.45, 7) is 7.77. The Labute approximate surface area is 716 Å². The summed E-state index contributed by atoms with van der Waals surface area (Å²) in [7, 11) is -0.825. The summed E-state index contributed by atoms with van der Waals surface area (Å²) < 4.78 is 42.9. The molecule has 21 rings (SSSR count). The lowest BCUT2D eigenvalue weighted by atomic mass is 9.78. The zero-order valence-corrected chi connectivity index (χ0v) is 68.2. The average Bonchev–Trinajstić information content (AvgIpc) is 1.60. The van der Waals surface area contributed by atoms with Crippen molar-refractivity contribution in [3.8, 4) is 148 Å². The van der Waals surface area contributed by atoms with Crippen LogP contribution in [0, 0.1) is 11.6 Å². The number of benzene rings is 15. The highest BCUT2D eigenvalue weighted by Crippen LogP contribution is 2.44. The van der Waals surface area contributed by atoms with Crippen LogP contribution in [0.2, 0.25) is 5.28 Å². The first-order valence-electron chi connectivity index (χ1n) is 40.4. The minimum Gasteiger partial charge on any atom is -0.399 e. The average molecular weight is 1620 g/mol. The Morgan fingerprint density at radius 3 is 0.992 bits per heavy atom. The van der Waals surface area contributed by atoms with E-state index < -0.39 is 30.0 Å². The molecule has 0 bridgehead atoms. The normalized spacial score (nSPS) is 12.7. The van der Waals surface area contributed by atoms with Crippen molar-refractivity contribution in [1.82, 2.24) is 59.8 Å². The summed E-state index contributed by atoms with van der Waals surface area (Å²) in [5.41, 5.74) is 15.9. The first-order valence-corrected chi connectivity index (χ1v) is 40.8. The molecule has 1 fully saturated rings. The molecule has 0 amide bonds. The quantitative estimate of drug-likeness (QED) is 0.0998. The number of nitrogens with zero attached hydrogens (tertiary/aromatic N) is 12. The van der Waals surface area contributed by atoms with Crippen LogP contribution in [0.25, 0.3) is 169 Å². The van der Waals surface area contributed by atoms with Crippen molar-refractivity contribution >= 4 is 45.7 Å². The third kappa shape index (κ3) is 17.3. The van der Waals surface area contributed by atoms with E-state index >= 15 is 4.39 Å². The Balaban J connectivity index is 0.000000119. The second-order valence-electron chi connectivity index (χ2n) is 30.5. The number of hydrogen-bond acceptors (Lipinski definition) is 14. The van der Waals surface area contributed by atoms with Crippen LogP contribution in [0.5, 0.6) is 0 Å². The van der Waals surface area contributed by atoms with E-state index in [0.29, 0.717) is 74.8 Å². The molecule has 0 radical (unpaired) electrons. The van der Waals surface area contributed by atoms with Crippen molar-refractivity contribution in [2.45, 2.75) is 45.3 Å². The van der Waals surface area contributed by atoms with Gasteiger partial charge in [0.2, 0.25) is 5.28 Å². The van der Waals surface area contributed by atoms with Gasteiger partial charge in [0.1, 0.15) is 11.6 Å². The van der Waals surface area contributed by atoms with Gasteiger partial charge in [0, 0.05) is 61.1 Å². The molecule has 5 heterocycles. The highest BCUT2D eigenvalue weighted by atomic mass is 35.5. The van der Waals surface area contributed by atoms with Crippen molar-refractivity contribution in [2.75, 3.05) is 0 Å². The van der Waals surface area contributed by atoms with Crippen LogP contribution in [0.15, 0.2) is 376 Å². The number of halogens is 3. The monoisotopic (exact) mass is 1620 g/mol. The van der Waals surface area contributed by atoms with Gasteiger partial charge in [-0.2, -0.15) is 9.97 Å². The van der Waals surface area contributed by atoms with Crippen molar-refractivity contribution in [1.29, 1.82) is 0 Å². The highest BCUT2D eigenvalue weighted by Gasteiger charge is 2.52. The number of hydrogen-bond donors (Lipinski definition) is 0. The molecule has 15 aromatic carbocycles. The Kier molecular flexibility index (Phi) is 22.6. The van der Waals surface area contributed by atoms with Crippen LogP contribution in [0.4, 0.5) is 8.78 Å². The van der Waals surface area contributed by atoms with E-state index in [9.17, 15) is 4.39 Å². The summed E-state index contributed by atoms with van der Waals surface area (Å²) in [5.74, 6) is 4.39. The molecule has 0 atom stereocenters. The lowest BCUT2D eigenvalue weighted by Crippen LogP contribution is -2.41. The maximum atomic E-state index is 15.8. The van der Waals surface area contributed by atoms with Gasteiger partial charge in [0.25, 0.3) is 0 Å². The largest absolute Gasteiger partial charge is 0.497 e. The molecule has 0 N–H and O–H groups in total. The molecule has 1 aliphatic carbocycles. The van der Waals surface area contributed by atoms with E-state index in [1.54, 1.807) is 24.3 Å². The van der Waals surface area contributed by atoms with Crippen molar-refractivity contribution in [2.24, 2.45) is 0 Å². The van der Waals surface area contributed by atoms with Gasteiger partial charge >= 0.3 is 7.12 Å². The van der Waals surface area contributed by atoms with Gasteiger partial charge in [0.15, 0.2) is 64.1 Å². The fourth-order valence-corrected chi connectivity index (χ4v) is 15.1. The zero-order valence-electron chi connectivity index (χ0n) is 67.4. The van der Waals surface area contributed by atoms with Gasteiger partial charge in [0.05, 0.1) is 16.8 Å². The van der Waals surface area contributed by atoms with E-state index in [1.807, 2.05) is 276 Å². The van der Waals surface area contributed by atoms with E-state index in [-0.39, 0.29) is 16.7 Å². The maximum Gasteiger partial charge on any atom is 0.497 e. The minimum atomic E-state index is -0.825. The van der Waals surface area contributed by atoms with Gasteiger partial charge in [-0.1, -0.05) is 340 Å². The van der Waals surface area contributed by atoms with Crippen LogP contribution in [0.3, 0.4) is 0 Å². The molecule has 4 aromatic heterocycles. The van der Waals surface area contributed by atoms with Crippen molar-refractivity contribution in [3.63, 3.8) is 0 Å². The summed E-state index contributed by atoms with van der Waals surface area (Å²) in [4.78, 5) is 56.3. The fourth-order valence-electron chi connectivity index (χ4n) is 15.0. The molecule has 0 unspecified atom stereocenters. The molecule has 2 aliphatic rings. The van der Waals surface area contributed by atoms with E-state index in [4.69, 9.17) is 65.8 Å². The lowest BCUT2D eigenvalue weighted by molar-refractivity contribution is 0.00578. The molecular weight excluding hydrogens is 1550 g/mol. The van der Waals surface area contributed by atoms with Crippen molar-refractivity contribution < 1.29 is 18.1 Å². The molecule has 19 aromatic rings. The molecule has 14 nitrogen and oxygen atoms in total. The van der Waals surface area contributed by atoms with E-state index in [2.05, 4.69) is 106 Å². The van der Waals surface area contributed by atoms with Gasteiger partial charge in [-0.25, -0.2) is 58.6 Å². The third-order valence-electron chi connectivity index (χ3n) is 21.9. The standard InChI is InChI=1S/C40H25FN6.C27H25BFN3O2.C19H12ClN3.C19H14/c41-34-24-23-30(38-43-35(27-14-4-1-5-15-27)42-36(44-38)28-16-6-2-7-17-28)25-33(34)40-46-37(29-18-8-3-9-19-29)45-39(47-40)32-22-12-20-26-13-10-11-21-31(26)32;1-26(2)27(3,4)34-28(33-26)21-17-20(15-16-22(21)29)25-31-23(18-11-7-5-8-12-18)30-24(32-25)19-13-9-6-10-14-19;20-19-22-17(14-8-2-1-3-9-14)21-18(23-19)16-12-6-10-13-7-4-5-11-15(13)16;1-2-7-14(8-3-1)17-12-6-10-16-13-15-9-4-5-11-18(15)19(16)17/h1-25H;5-17H,1-4H3;1-12H;1-12H,13H2. The predicted molar refractivity (Wildman–Crippen MR) is 488 cm³/mol. The molecule has 0 saturated carbocycles. The fraction of sp³-hybridized carbons (Fsp3) is 0.0667. The van der Waals surface area contributed by atoms with Gasteiger partial charge in [-0.3, -0.25) is 0 Å². The van der Waals surface area contributed by atoms with Crippen LogP contribution in [-0.4, -0.2) is 78.1 Å². The number of rotatable bonds is 13. The first-order chi connectivity index (χ1) is 60.2. The smallest absolute Gasteiger partial charge is 0.399 e. The van der Waals surface area contributed by atoms with Crippen LogP contribution < -0.4 is 5.46 Å². The Morgan fingerprint density at radius 1 is 0.252 bits per heavy atom. The third-order valence-corrected chi connectivity index (χ3v) is 22.1. The Hall–Kier alpha value is -15.0. The molecule has 0 spiro atoms. The minimum absolute atomic E-state index is 0.196. The Bertz CT molecular complexity index is 6900. The van der Waals surface area contributed by atoms with E-state index in [1.165, 1.54) is 45.5 Å². The molecular formula is C105H76BClF2N12O2. The summed E-state index contributed by atoms with van der Waals surface area (Å²) in [6.07, 6.45) is 1.06. The molecule has 592 valence electrons. The van der Waals surface area contributed by atoms with Gasteiger partial charge in [-0.15, -0.1) is 0 Å². The lowest BCUT2D eigenvalue weighted by Gasteiger charge is -2.32. The molecule has 1 saturated heterocycles. The van der Waals surface area contributed by atoms with Crippen molar-refractivity contribution in [3.05, 3.63) is 404 Å². The van der Waals surface area contributed by atoms with Gasteiger partial charge < -0.3 is 9.31 Å². The predicted octanol–water partition coefficient (Wildman–Crippen LogP) is 24.6. The summed E-state index contributed by atoms with van der Waals surface area (Å²) in [6, 6.07) is 122. The second kappa shape index (κ2) is 35.1. The van der Waals surface area contributed by atoms with Crippen LogP contribution in [-0.2, 0) is 15.7 Å². The number of aromatic nitrogens is 12. The van der Waals surface area contributed by atoms with Gasteiger partial charge in [-0.05, 0) is 137 Å². The first kappa shape index (κ1) is 79.1. The molecule has 123 heavy (non-hydrogen) atoms. The maximum absolute atomic E-state index is 15.8. The topological polar surface area (TPSA) is 173 Å². The SMILES string of the molecule is CC1(C)OB(c2cc(-c3nc(-c4ccccc4)nc(-c4ccccc4)n3)ccc2F)OC1(C)C.Clc1nc(-c2ccccc2)nc(-c2cccc3ccccc23)n1.Fc1ccc(-c2nc(-c3ccccc3)nc(-c3ccccc3)n2)cc1-c1nc(-c2ccccc2)nc(-c2cccc3ccccc23)n1.c1ccc(-c2cccc3c2-c2ccccc2C3)cc1.